The van der Waals surface area contributed by atoms with E-state index >= 15 is 0 Å². The van der Waals surface area contributed by atoms with Gasteiger partial charge in [-0.2, -0.15) is 0 Å². The maximum absolute atomic E-state index is 13.0. The molecule has 0 aliphatic heterocycles. The highest BCUT2D eigenvalue weighted by atomic mass is 79.9. The molecule has 0 heterocycles. The standard InChI is InChI=1S/C22H26BrClN2O4/c1-4-11-25-22(28)15(2)26(13-16-5-8-18(29-3)9-6-16)21(27)14-30-20-10-7-17(24)12-19(20)23/h5-10,12,15H,4,11,13-14H2,1-3H3,(H,25,28)/t15-/m1/s1. The lowest BCUT2D eigenvalue weighted by molar-refractivity contribution is -0.142. The summed E-state index contributed by atoms with van der Waals surface area (Å²) in [5.74, 6) is 0.722. The van der Waals surface area contributed by atoms with Crippen molar-refractivity contribution >= 4 is 39.3 Å². The molecule has 1 N–H and O–H groups in total. The molecule has 0 bridgehead atoms. The molecular weight excluding hydrogens is 472 g/mol. The second-order valence-corrected chi connectivity index (χ2v) is 7.99. The zero-order chi connectivity index (χ0) is 22.1. The van der Waals surface area contributed by atoms with Gasteiger partial charge in [-0.1, -0.05) is 30.7 Å². The first-order valence-electron chi connectivity index (χ1n) is 9.63. The van der Waals surface area contributed by atoms with Crippen molar-refractivity contribution in [3.8, 4) is 11.5 Å². The van der Waals surface area contributed by atoms with E-state index in [0.717, 1.165) is 17.7 Å². The summed E-state index contributed by atoms with van der Waals surface area (Å²) in [6, 6.07) is 11.8. The van der Waals surface area contributed by atoms with Crippen molar-refractivity contribution in [2.24, 2.45) is 0 Å². The third kappa shape index (κ3) is 6.92. The fourth-order valence-corrected chi connectivity index (χ4v) is 3.52. The Morgan fingerprint density at radius 2 is 1.90 bits per heavy atom. The summed E-state index contributed by atoms with van der Waals surface area (Å²) in [5, 5.41) is 3.40. The maximum Gasteiger partial charge on any atom is 0.261 e. The maximum atomic E-state index is 13.0. The number of carbonyl (C=O) groups excluding carboxylic acids is 2. The largest absolute Gasteiger partial charge is 0.497 e. The van der Waals surface area contributed by atoms with Gasteiger partial charge in [0.05, 0.1) is 11.6 Å². The molecule has 0 radical (unpaired) electrons. The van der Waals surface area contributed by atoms with Gasteiger partial charge >= 0.3 is 0 Å². The van der Waals surface area contributed by atoms with Gasteiger partial charge in [0.1, 0.15) is 17.5 Å². The number of nitrogens with zero attached hydrogens (tertiary/aromatic N) is 1. The van der Waals surface area contributed by atoms with Crippen LogP contribution in [0.1, 0.15) is 25.8 Å². The molecule has 0 aromatic heterocycles. The van der Waals surface area contributed by atoms with Gasteiger partial charge in [0.2, 0.25) is 5.91 Å². The molecule has 162 valence electrons. The number of nitrogens with one attached hydrogen (secondary N) is 1. The second-order valence-electron chi connectivity index (χ2n) is 6.70. The number of hydrogen-bond acceptors (Lipinski definition) is 4. The van der Waals surface area contributed by atoms with Crippen molar-refractivity contribution in [2.75, 3.05) is 20.3 Å². The average Bonchev–Trinajstić information content (AvgIpc) is 2.74. The van der Waals surface area contributed by atoms with Crippen LogP contribution in [0.3, 0.4) is 0 Å². The molecule has 0 spiro atoms. The summed E-state index contributed by atoms with van der Waals surface area (Å²) in [7, 11) is 1.59. The third-order valence-electron chi connectivity index (χ3n) is 4.47. The summed E-state index contributed by atoms with van der Waals surface area (Å²) in [6.45, 7) is 4.31. The van der Waals surface area contributed by atoms with Gasteiger partial charge in [0, 0.05) is 18.1 Å². The smallest absolute Gasteiger partial charge is 0.261 e. The van der Waals surface area contributed by atoms with Crippen LogP contribution in [0.25, 0.3) is 0 Å². The summed E-state index contributed by atoms with van der Waals surface area (Å²) in [6.07, 6.45) is 0.818. The lowest BCUT2D eigenvalue weighted by Crippen LogP contribution is -2.49. The Morgan fingerprint density at radius 1 is 1.20 bits per heavy atom. The summed E-state index contributed by atoms with van der Waals surface area (Å²) in [4.78, 5) is 27.0. The van der Waals surface area contributed by atoms with E-state index in [1.165, 1.54) is 4.90 Å². The molecule has 0 aliphatic carbocycles. The van der Waals surface area contributed by atoms with Gasteiger partial charge in [-0.25, -0.2) is 0 Å². The minimum atomic E-state index is -0.650. The summed E-state index contributed by atoms with van der Waals surface area (Å²) < 4.78 is 11.5. The molecule has 0 unspecified atom stereocenters. The number of carbonyl (C=O) groups is 2. The number of rotatable bonds is 10. The summed E-state index contributed by atoms with van der Waals surface area (Å²) >= 11 is 9.32. The first-order valence-corrected chi connectivity index (χ1v) is 10.8. The minimum Gasteiger partial charge on any atom is -0.497 e. The number of benzene rings is 2. The molecule has 30 heavy (non-hydrogen) atoms. The minimum absolute atomic E-state index is 0.202. The lowest BCUT2D eigenvalue weighted by Gasteiger charge is -2.29. The third-order valence-corrected chi connectivity index (χ3v) is 5.33. The van der Waals surface area contributed by atoms with E-state index in [4.69, 9.17) is 21.1 Å². The fraction of sp³-hybridized carbons (Fsp3) is 0.364. The van der Waals surface area contributed by atoms with Crippen molar-refractivity contribution < 1.29 is 19.1 Å². The van der Waals surface area contributed by atoms with Crippen LogP contribution < -0.4 is 14.8 Å². The molecule has 2 rings (SSSR count). The second kappa shape index (κ2) is 11.8. The van der Waals surface area contributed by atoms with E-state index in [9.17, 15) is 9.59 Å². The quantitative estimate of drug-likeness (QED) is 0.527. The van der Waals surface area contributed by atoms with Gasteiger partial charge < -0.3 is 19.7 Å². The molecule has 0 fully saturated rings. The van der Waals surface area contributed by atoms with E-state index < -0.39 is 6.04 Å². The Bertz CT molecular complexity index is 861. The molecular formula is C22H26BrClN2O4. The lowest BCUT2D eigenvalue weighted by atomic mass is 10.1. The highest BCUT2D eigenvalue weighted by molar-refractivity contribution is 9.10. The van der Waals surface area contributed by atoms with Gasteiger partial charge in [0.25, 0.3) is 5.91 Å². The first kappa shape index (κ1) is 24.0. The molecule has 2 amide bonds. The van der Waals surface area contributed by atoms with Crippen LogP contribution in [0.4, 0.5) is 0 Å². The Balaban J connectivity index is 2.15. The highest BCUT2D eigenvalue weighted by Gasteiger charge is 2.26. The van der Waals surface area contributed by atoms with Crippen molar-refractivity contribution in [1.82, 2.24) is 10.2 Å². The molecule has 0 saturated heterocycles. The van der Waals surface area contributed by atoms with Crippen LogP contribution in [0.15, 0.2) is 46.9 Å². The van der Waals surface area contributed by atoms with Gasteiger partial charge in [-0.3, -0.25) is 9.59 Å². The fourth-order valence-electron chi connectivity index (χ4n) is 2.72. The van der Waals surface area contributed by atoms with E-state index in [1.54, 1.807) is 32.2 Å². The molecule has 0 saturated carbocycles. The van der Waals surface area contributed by atoms with Gasteiger partial charge in [0.15, 0.2) is 6.61 Å². The Kier molecular flexibility index (Phi) is 9.46. The molecule has 6 nitrogen and oxygen atoms in total. The Hall–Kier alpha value is -2.25. The molecule has 8 heteroatoms. The zero-order valence-electron chi connectivity index (χ0n) is 17.3. The van der Waals surface area contributed by atoms with E-state index in [-0.39, 0.29) is 25.0 Å². The van der Waals surface area contributed by atoms with Crippen molar-refractivity contribution in [3.05, 3.63) is 57.5 Å². The van der Waals surface area contributed by atoms with Crippen LogP contribution in [0, 0.1) is 0 Å². The van der Waals surface area contributed by atoms with Gasteiger partial charge in [-0.15, -0.1) is 0 Å². The van der Waals surface area contributed by atoms with Gasteiger partial charge in [-0.05, 0) is 65.2 Å². The average molecular weight is 498 g/mol. The SMILES string of the molecule is CCCNC(=O)[C@@H](C)N(Cc1ccc(OC)cc1)C(=O)COc1ccc(Cl)cc1Br. The normalized spacial score (nSPS) is 11.5. The van der Waals surface area contributed by atoms with E-state index in [1.807, 2.05) is 31.2 Å². The van der Waals surface area contributed by atoms with E-state index in [0.29, 0.717) is 21.8 Å². The molecule has 2 aromatic carbocycles. The molecule has 1 atom stereocenters. The van der Waals surface area contributed by atoms with Crippen molar-refractivity contribution in [2.45, 2.75) is 32.9 Å². The summed E-state index contributed by atoms with van der Waals surface area (Å²) in [5.41, 5.74) is 0.881. The number of hydrogen-bond donors (Lipinski definition) is 1. The van der Waals surface area contributed by atoms with Crippen LogP contribution in [0.5, 0.6) is 11.5 Å². The number of ether oxygens (including phenoxy) is 2. The Morgan fingerprint density at radius 3 is 2.50 bits per heavy atom. The van der Waals surface area contributed by atoms with Crippen LogP contribution >= 0.6 is 27.5 Å². The molecule has 2 aromatic rings. The Labute approximate surface area is 190 Å². The van der Waals surface area contributed by atoms with E-state index in [2.05, 4.69) is 21.2 Å². The van der Waals surface area contributed by atoms with Crippen LogP contribution in [-0.4, -0.2) is 43.0 Å². The van der Waals surface area contributed by atoms with Crippen molar-refractivity contribution in [3.63, 3.8) is 0 Å². The van der Waals surface area contributed by atoms with Crippen LogP contribution in [-0.2, 0) is 16.1 Å². The van der Waals surface area contributed by atoms with Crippen LogP contribution in [0.2, 0.25) is 5.02 Å². The number of methoxy groups -OCH3 is 1. The molecule has 0 aliphatic rings. The predicted octanol–water partition coefficient (Wildman–Crippen LogP) is 4.43. The number of halogens is 2. The predicted molar refractivity (Wildman–Crippen MR) is 121 cm³/mol. The monoisotopic (exact) mass is 496 g/mol. The highest BCUT2D eigenvalue weighted by Crippen LogP contribution is 2.28. The first-order chi connectivity index (χ1) is 14.3. The zero-order valence-corrected chi connectivity index (χ0v) is 19.6. The van der Waals surface area contributed by atoms with Crippen molar-refractivity contribution in [1.29, 1.82) is 0 Å². The number of amides is 2. The topological polar surface area (TPSA) is 67.9 Å².